The number of fused-ring (bicyclic) bond motifs is 1. The van der Waals surface area contributed by atoms with Gasteiger partial charge >= 0.3 is 0 Å². The van der Waals surface area contributed by atoms with E-state index in [0.29, 0.717) is 19.5 Å². The van der Waals surface area contributed by atoms with Gasteiger partial charge in [-0.15, -0.1) is 0 Å². The van der Waals surface area contributed by atoms with E-state index < -0.39 is 0 Å². The number of likely N-dealkylation sites (tertiary alicyclic amines) is 1. The molecule has 0 saturated carbocycles. The number of carbonyl (C=O) groups is 2. The van der Waals surface area contributed by atoms with Crippen molar-refractivity contribution in [2.75, 3.05) is 19.6 Å². The van der Waals surface area contributed by atoms with E-state index in [2.05, 4.69) is 15.3 Å². The second-order valence-electron chi connectivity index (χ2n) is 6.28. The summed E-state index contributed by atoms with van der Waals surface area (Å²) in [7, 11) is 0. The van der Waals surface area contributed by atoms with Crippen LogP contribution in [0.15, 0.2) is 24.3 Å². The molecule has 1 saturated heterocycles. The van der Waals surface area contributed by atoms with E-state index >= 15 is 0 Å². The molecule has 0 bridgehead atoms. The smallest absolute Gasteiger partial charge is 0.239 e. The lowest BCUT2D eigenvalue weighted by atomic mass is 10.2. The van der Waals surface area contributed by atoms with Crippen molar-refractivity contribution in [1.29, 1.82) is 0 Å². The van der Waals surface area contributed by atoms with Crippen LogP contribution in [-0.4, -0.2) is 46.3 Å². The molecule has 1 fully saturated rings. The average molecular weight is 328 g/mol. The second-order valence-corrected chi connectivity index (χ2v) is 6.28. The van der Waals surface area contributed by atoms with Gasteiger partial charge in [0.15, 0.2) is 0 Å². The molecule has 1 aliphatic heterocycles. The SMILES string of the molecule is O=C(CN1CCCCCC1=O)NCCCc1nc2ccccc2[nH]1. The number of nitrogens with zero attached hydrogens (tertiary/aromatic N) is 2. The molecular formula is C18H24N4O2. The van der Waals surface area contributed by atoms with Crippen molar-refractivity contribution in [3.8, 4) is 0 Å². The molecule has 6 nitrogen and oxygen atoms in total. The first-order chi connectivity index (χ1) is 11.7. The van der Waals surface area contributed by atoms with Crippen molar-refractivity contribution >= 4 is 22.8 Å². The van der Waals surface area contributed by atoms with E-state index in [4.69, 9.17) is 0 Å². The maximum Gasteiger partial charge on any atom is 0.239 e. The van der Waals surface area contributed by atoms with Crippen molar-refractivity contribution in [3.63, 3.8) is 0 Å². The number of hydrogen-bond acceptors (Lipinski definition) is 3. The van der Waals surface area contributed by atoms with Crippen molar-refractivity contribution < 1.29 is 9.59 Å². The Hall–Kier alpha value is -2.37. The van der Waals surface area contributed by atoms with Crippen molar-refractivity contribution in [2.45, 2.75) is 38.5 Å². The van der Waals surface area contributed by atoms with Crippen LogP contribution < -0.4 is 5.32 Å². The summed E-state index contributed by atoms with van der Waals surface area (Å²) in [5.41, 5.74) is 2.01. The molecule has 128 valence electrons. The quantitative estimate of drug-likeness (QED) is 0.796. The molecule has 0 aliphatic carbocycles. The van der Waals surface area contributed by atoms with Gasteiger partial charge in [-0.25, -0.2) is 4.98 Å². The number of para-hydroxylation sites is 2. The van der Waals surface area contributed by atoms with Crippen molar-refractivity contribution in [3.05, 3.63) is 30.1 Å². The first-order valence-electron chi connectivity index (χ1n) is 8.70. The minimum Gasteiger partial charge on any atom is -0.355 e. The maximum atomic E-state index is 12.0. The van der Waals surface area contributed by atoms with Crippen LogP contribution in [0.25, 0.3) is 11.0 Å². The van der Waals surface area contributed by atoms with Gasteiger partial charge in [0, 0.05) is 25.9 Å². The molecule has 1 aromatic heterocycles. The lowest BCUT2D eigenvalue weighted by molar-refractivity contribution is -0.135. The summed E-state index contributed by atoms with van der Waals surface area (Å²) in [4.78, 5) is 33.4. The highest BCUT2D eigenvalue weighted by Crippen LogP contribution is 2.12. The summed E-state index contributed by atoms with van der Waals surface area (Å²) in [6, 6.07) is 7.94. The summed E-state index contributed by atoms with van der Waals surface area (Å²) < 4.78 is 0. The van der Waals surface area contributed by atoms with Gasteiger partial charge in [0.25, 0.3) is 0 Å². The zero-order valence-electron chi connectivity index (χ0n) is 13.9. The third-order valence-corrected chi connectivity index (χ3v) is 4.36. The predicted molar refractivity (Wildman–Crippen MR) is 92.5 cm³/mol. The Morgan fingerprint density at radius 3 is 3.00 bits per heavy atom. The Bertz CT molecular complexity index is 677. The number of amides is 2. The third-order valence-electron chi connectivity index (χ3n) is 4.36. The number of imidazole rings is 1. The molecule has 2 aromatic rings. The average Bonchev–Trinajstić information content (AvgIpc) is 2.89. The lowest BCUT2D eigenvalue weighted by Crippen LogP contribution is -2.40. The van der Waals surface area contributed by atoms with E-state index in [-0.39, 0.29) is 18.4 Å². The maximum absolute atomic E-state index is 12.0. The standard InChI is InChI=1S/C18H24N4O2/c23-17(13-22-12-5-1-2-10-18(22)24)19-11-6-9-16-20-14-7-3-4-8-15(14)21-16/h3-4,7-8H,1-2,5-6,9-13H2,(H,19,23)(H,20,21). The molecular weight excluding hydrogens is 304 g/mol. The fraction of sp³-hybridized carbons (Fsp3) is 0.500. The normalized spacial score (nSPS) is 15.5. The van der Waals surface area contributed by atoms with Crippen LogP contribution >= 0.6 is 0 Å². The van der Waals surface area contributed by atoms with E-state index in [9.17, 15) is 9.59 Å². The van der Waals surface area contributed by atoms with Crippen LogP contribution in [0.4, 0.5) is 0 Å². The highest BCUT2D eigenvalue weighted by molar-refractivity contribution is 5.84. The van der Waals surface area contributed by atoms with E-state index in [1.807, 2.05) is 24.3 Å². The Labute approximate surface area is 141 Å². The van der Waals surface area contributed by atoms with Crippen molar-refractivity contribution in [2.24, 2.45) is 0 Å². The highest BCUT2D eigenvalue weighted by Gasteiger charge is 2.18. The topological polar surface area (TPSA) is 78.1 Å². The number of H-pyrrole nitrogens is 1. The Balaban J connectivity index is 1.39. The molecule has 0 spiro atoms. The molecule has 0 radical (unpaired) electrons. The van der Waals surface area contributed by atoms with Crippen LogP contribution in [0.5, 0.6) is 0 Å². The number of aryl methyl sites for hydroxylation is 1. The van der Waals surface area contributed by atoms with Gasteiger partial charge in [-0.1, -0.05) is 18.6 Å². The largest absolute Gasteiger partial charge is 0.355 e. The number of carbonyl (C=O) groups excluding carboxylic acids is 2. The predicted octanol–water partition coefficient (Wildman–Crippen LogP) is 2.01. The minimum atomic E-state index is -0.0742. The number of hydrogen-bond donors (Lipinski definition) is 2. The summed E-state index contributed by atoms with van der Waals surface area (Å²) in [6.45, 7) is 1.48. The zero-order chi connectivity index (χ0) is 16.8. The van der Waals surface area contributed by atoms with Gasteiger partial charge in [0.1, 0.15) is 5.82 Å². The van der Waals surface area contributed by atoms with Crippen LogP contribution in [0.3, 0.4) is 0 Å². The van der Waals surface area contributed by atoms with Gasteiger partial charge < -0.3 is 15.2 Å². The Morgan fingerprint density at radius 1 is 1.25 bits per heavy atom. The van der Waals surface area contributed by atoms with Gasteiger partial charge in [-0.05, 0) is 31.4 Å². The third kappa shape index (κ3) is 4.34. The highest BCUT2D eigenvalue weighted by atomic mass is 16.2. The molecule has 2 amide bonds. The van der Waals surface area contributed by atoms with E-state index in [1.165, 1.54) is 0 Å². The zero-order valence-corrected chi connectivity index (χ0v) is 13.9. The van der Waals surface area contributed by atoms with E-state index in [0.717, 1.165) is 49.0 Å². The fourth-order valence-corrected chi connectivity index (χ4v) is 3.04. The van der Waals surface area contributed by atoms with Crippen LogP contribution in [0, 0.1) is 0 Å². The number of rotatable bonds is 6. The van der Waals surface area contributed by atoms with Gasteiger partial charge in [0.05, 0.1) is 17.6 Å². The van der Waals surface area contributed by atoms with Crippen LogP contribution in [-0.2, 0) is 16.0 Å². The second kappa shape index (κ2) is 7.95. The molecule has 24 heavy (non-hydrogen) atoms. The molecule has 2 heterocycles. The van der Waals surface area contributed by atoms with Gasteiger partial charge in [0.2, 0.25) is 11.8 Å². The van der Waals surface area contributed by atoms with Crippen LogP contribution in [0.1, 0.15) is 37.9 Å². The first-order valence-corrected chi connectivity index (χ1v) is 8.70. The van der Waals surface area contributed by atoms with E-state index in [1.54, 1.807) is 4.90 Å². The molecule has 3 rings (SSSR count). The lowest BCUT2D eigenvalue weighted by Gasteiger charge is -2.19. The first kappa shape index (κ1) is 16.5. The minimum absolute atomic E-state index is 0.0742. The number of benzene rings is 1. The molecule has 0 atom stereocenters. The summed E-state index contributed by atoms with van der Waals surface area (Å²) in [6.07, 6.45) is 5.18. The number of nitrogens with one attached hydrogen (secondary N) is 2. The summed E-state index contributed by atoms with van der Waals surface area (Å²) in [5.74, 6) is 0.966. The monoisotopic (exact) mass is 328 g/mol. The summed E-state index contributed by atoms with van der Waals surface area (Å²) in [5, 5.41) is 2.90. The number of aromatic amines is 1. The molecule has 6 heteroatoms. The molecule has 1 aromatic carbocycles. The fourth-order valence-electron chi connectivity index (χ4n) is 3.04. The Morgan fingerprint density at radius 2 is 2.12 bits per heavy atom. The molecule has 2 N–H and O–H groups in total. The Kier molecular flexibility index (Phi) is 5.46. The van der Waals surface area contributed by atoms with Gasteiger partial charge in [-0.2, -0.15) is 0 Å². The van der Waals surface area contributed by atoms with Gasteiger partial charge in [-0.3, -0.25) is 9.59 Å². The summed E-state index contributed by atoms with van der Waals surface area (Å²) >= 11 is 0. The molecule has 1 aliphatic rings. The van der Waals surface area contributed by atoms with Crippen molar-refractivity contribution in [1.82, 2.24) is 20.2 Å². The van der Waals surface area contributed by atoms with Crippen LogP contribution in [0.2, 0.25) is 0 Å². The molecule has 0 unspecified atom stereocenters. The number of aromatic nitrogens is 2.